The van der Waals surface area contributed by atoms with Gasteiger partial charge in [-0.3, -0.25) is 9.78 Å². The average Bonchev–Trinajstić information content (AvgIpc) is 2.50. The third-order valence-electron chi connectivity index (χ3n) is 2.91. The monoisotopic (exact) mass is 290 g/mol. The highest BCUT2D eigenvalue weighted by molar-refractivity contribution is 6.31. The van der Waals surface area contributed by atoms with Crippen molar-refractivity contribution in [3.63, 3.8) is 0 Å². The number of methoxy groups -OCH3 is 1. The Kier molecular flexibility index (Phi) is 5.09. The lowest BCUT2D eigenvalue weighted by atomic mass is 10.1. The number of hydrogen-bond acceptors (Lipinski definition) is 3. The zero-order valence-electron chi connectivity index (χ0n) is 11.0. The van der Waals surface area contributed by atoms with Crippen molar-refractivity contribution in [2.45, 2.75) is 6.10 Å². The number of carbonyl (C=O) groups is 1. The Balaban J connectivity index is 2.02. The van der Waals surface area contributed by atoms with E-state index in [0.29, 0.717) is 17.1 Å². The first kappa shape index (κ1) is 14.5. The lowest BCUT2D eigenvalue weighted by Gasteiger charge is -2.17. The molecule has 0 aliphatic carbocycles. The zero-order chi connectivity index (χ0) is 14.4. The predicted molar refractivity (Wildman–Crippen MR) is 77.8 cm³/mol. The molecule has 0 aliphatic rings. The number of aromatic nitrogens is 1. The molecule has 1 amide bonds. The van der Waals surface area contributed by atoms with Crippen LogP contribution in [0.1, 0.15) is 22.0 Å². The van der Waals surface area contributed by atoms with Gasteiger partial charge >= 0.3 is 0 Å². The molecule has 4 nitrogen and oxygen atoms in total. The molecule has 1 unspecified atom stereocenters. The Morgan fingerprint density at radius 1 is 1.35 bits per heavy atom. The molecule has 0 bridgehead atoms. The van der Waals surface area contributed by atoms with E-state index in [1.807, 2.05) is 18.2 Å². The van der Waals surface area contributed by atoms with E-state index in [1.54, 1.807) is 31.5 Å². The van der Waals surface area contributed by atoms with Crippen LogP contribution in [-0.4, -0.2) is 24.5 Å². The van der Waals surface area contributed by atoms with E-state index >= 15 is 0 Å². The van der Waals surface area contributed by atoms with E-state index in [2.05, 4.69) is 10.3 Å². The number of nitrogens with one attached hydrogen (secondary N) is 1. The number of hydrogen-bond donors (Lipinski definition) is 1. The van der Waals surface area contributed by atoms with E-state index in [4.69, 9.17) is 16.3 Å². The largest absolute Gasteiger partial charge is 0.375 e. The van der Waals surface area contributed by atoms with Crippen molar-refractivity contribution in [2.75, 3.05) is 13.7 Å². The number of nitrogens with zero attached hydrogens (tertiary/aromatic N) is 1. The predicted octanol–water partition coefficient (Wildman–Crippen LogP) is 2.85. The lowest BCUT2D eigenvalue weighted by Crippen LogP contribution is -2.29. The van der Waals surface area contributed by atoms with Crippen molar-refractivity contribution in [3.8, 4) is 0 Å². The molecule has 5 heteroatoms. The molecule has 0 aliphatic heterocycles. The molecule has 1 atom stereocenters. The van der Waals surface area contributed by atoms with Gasteiger partial charge in [0.25, 0.3) is 5.91 Å². The SMILES string of the molecule is COC(CNC(=O)c1cccnc1)c1ccccc1Cl. The molecule has 0 radical (unpaired) electrons. The van der Waals surface area contributed by atoms with Gasteiger partial charge in [-0.05, 0) is 18.2 Å². The summed E-state index contributed by atoms with van der Waals surface area (Å²) in [5, 5.41) is 3.43. The maximum Gasteiger partial charge on any atom is 0.252 e. The number of pyridine rings is 1. The van der Waals surface area contributed by atoms with Gasteiger partial charge in [0.05, 0.1) is 5.56 Å². The fourth-order valence-electron chi connectivity index (χ4n) is 1.84. The molecule has 1 N–H and O–H groups in total. The molecule has 20 heavy (non-hydrogen) atoms. The Bertz CT molecular complexity index is 575. The molecule has 2 aromatic rings. The van der Waals surface area contributed by atoms with E-state index in [1.165, 1.54) is 6.20 Å². The van der Waals surface area contributed by atoms with Crippen LogP contribution in [0.5, 0.6) is 0 Å². The third-order valence-corrected chi connectivity index (χ3v) is 3.25. The average molecular weight is 291 g/mol. The zero-order valence-corrected chi connectivity index (χ0v) is 11.8. The second-order valence-electron chi connectivity index (χ2n) is 4.20. The van der Waals surface area contributed by atoms with E-state index in [0.717, 1.165) is 5.56 Å². The minimum absolute atomic E-state index is 0.188. The van der Waals surface area contributed by atoms with Gasteiger partial charge in [0, 0.05) is 36.6 Å². The molecule has 0 fully saturated rings. The van der Waals surface area contributed by atoms with E-state index < -0.39 is 0 Å². The quantitative estimate of drug-likeness (QED) is 0.921. The fourth-order valence-corrected chi connectivity index (χ4v) is 2.10. The topological polar surface area (TPSA) is 51.2 Å². The normalized spacial score (nSPS) is 11.9. The molecule has 2 rings (SSSR count). The van der Waals surface area contributed by atoms with Crippen LogP contribution in [0.25, 0.3) is 0 Å². The maximum absolute atomic E-state index is 11.9. The van der Waals surface area contributed by atoms with Crippen LogP contribution in [0.3, 0.4) is 0 Å². The molecule has 0 spiro atoms. The van der Waals surface area contributed by atoms with Gasteiger partial charge in [-0.2, -0.15) is 0 Å². The van der Waals surface area contributed by atoms with Crippen LogP contribution >= 0.6 is 11.6 Å². The second kappa shape index (κ2) is 7.03. The van der Waals surface area contributed by atoms with Crippen molar-refractivity contribution in [3.05, 3.63) is 64.9 Å². The summed E-state index contributed by atoms with van der Waals surface area (Å²) in [5.41, 5.74) is 1.37. The first-order valence-electron chi connectivity index (χ1n) is 6.18. The van der Waals surface area contributed by atoms with Crippen molar-refractivity contribution >= 4 is 17.5 Å². The molecular formula is C15H15ClN2O2. The summed E-state index contributed by atoms with van der Waals surface area (Å²) < 4.78 is 5.39. The summed E-state index contributed by atoms with van der Waals surface area (Å²) in [7, 11) is 1.59. The third kappa shape index (κ3) is 3.56. The number of ether oxygens (including phenoxy) is 1. The van der Waals surface area contributed by atoms with Gasteiger partial charge in [0.15, 0.2) is 0 Å². The molecule has 1 aromatic carbocycles. The first-order valence-corrected chi connectivity index (χ1v) is 6.55. The van der Waals surface area contributed by atoms with Crippen molar-refractivity contribution in [2.24, 2.45) is 0 Å². The van der Waals surface area contributed by atoms with Crippen molar-refractivity contribution in [1.82, 2.24) is 10.3 Å². The van der Waals surface area contributed by atoms with Gasteiger partial charge < -0.3 is 10.1 Å². The molecule has 1 heterocycles. The smallest absolute Gasteiger partial charge is 0.252 e. The van der Waals surface area contributed by atoms with Crippen LogP contribution in [0.15, 0.2) is 48.8 Å². The Hall–Kier alpha value is -1.91. The molecule has 104 valence electrons. The summed E-state index contributed by atoms with van der Waals surface area (Å²) in [6, 6.07) is 10.8. The summed E-state index contributed by atoms with van der Waals surface area (Å²) in [6.45, 7) is 0.341. The van der Waals surface area contributed by atoms with Gasteiger partial charge in [0.2, 0.25) is 0 Å². The first-order chi connectivity index (χ1) is 9.72. The summed E-state index contributed by atoms with van der Waals surface area (Å²) in [4.78, 5) is 15.9. The van der Waals surface area contributed by atoms with E-state index in [9.17, 15) is 4.79 Å². The van der Waals surface area contributed by atoms with Gasteiger partial charge in [0.1, 0.15) is 6.10 Å². The van der Waals surface area contributed by atoms with Gasteiger partial charge in [-0.1, -0.05) is 29.8 Å². The fraction of sp³-hybridized carbons (Fsp3) is 0.200. The Morgan fingerprint density at radius 2 is 2.15 bits per heavy atom. The second-order valence-corrected chi connectivity index (χ2v) is 4.60. The Morgan fingerprint density at radius 3 is 2.80 bits per heavy atom. The maximum atomic E-state index is 11.9. The summed E-state index contributed by atoms with van der Waals surface area (Å²) >= 11 is 6.13. The van der Waals surface area contributed by atoms with E-state index in [-0.39, 0.29) is 12.0 Å². The Labute approximate surface area is 122 Å². The summed E-state index contributed by atoms with van der Waals surface area (Å²) in [6.07, 6.45) is 2.86. The lowest BCUT2D eigenvalue weighted by molar-refractivity contribution is 0.0828. The molecule has 0 saturated heterocycles. The number of amides is 1. The standard InChI is InChI=1S/C15H15ClN2O2/c1-20-14(12-6-2-3-7-13(12)16)10-18-15(19)11-5-4-8-17-9-11/h2-9,14H,10H2,1H3,(H,18,19). The van der Waals surface area contributed by atoms with Crippen LogP contribution < -0.4 is 5.32 Å². The van der Waals surface area contributed by atoms with Crippen molar-refractivity contribution < 1.29 is 9.53 Å². The van der Waals surface area contributed by atoms with Crippen LogP contribution in [0, 0.1) is 0 Å². The molecular weight excluding hydrogens is 276 g/mol. The summed E-state index contributed by atoms with van der Waals surface area (Å²) in [5.74, 6) is -0.188. The van der Waals surface area contributed by atoms with Gasteiger partial charge in [-0.15, -0.1) is 0 Å². The molecule has 1 aromatic heterocycles. The number of carbonyl (C=O) groups excluding carboxylic acids is 1. The van der Waals surface area contributed by atoms with Crippen LogP contribution in [0.4, 0.5) is 0 Å². The number of halogens is 1. The highest BCUT2D eigenvalue weighted by Gasteiger charge is 2.15. The van der Waals surface area contributed by atoms with Crippen LogP contribution in [-0.2, 0) is 4.74 Å². The minimum Gasteiger partial charge on any atom is -0.375 e. The number of rotatable bonds is 5. The number of benzene rings is 1. The van der Waals surface area contributed by atoms with Crippen LogP contribution in [0.2, 0.25) is 5.02 Å². The molecule has 0 saturated carbocycles. The van der Waals surface area contributed by atoms with Gasteiger partial charge in [-0.25, -0.2) is 0 Å². The highest BCUT2D eigenvalue weighted by atomic mass is 35.5. The highest BCUT2D eigenvalue weighted by Crippen LogP contribution is 2.24. The minimum atomic E-state index is -0.288. The van der Waals surface area contributed by atoms with Crippen molar-refractivity contribution in [1.29, 1.82) is 0 Å².